The Kier molecular flexibility index (Phi) is 5.20. The van der Waals surface area contributed by atoms with Crippen molar-refractivity contribution in [1.82, 2.24) is 14.9 Å². The van der Waals surface area contributed by atoms with Crippen LogP contribution in [0.1, 0.15) is 22.9 Å². The Labute approximate surface area is 137 Å². The Bertz CT molecular complexity index is 623. The van der Waals surface area contributed by atoms with Gasteiger partial charge in [-0.2, -0.15) is 0 Å². The minimum Gasteiger partial charge on any atom is -0.379 e. The Morgan fingerprint density at radius 1 is 1.13 bits per heavy atom. The Hall–Kier alpha value is -1.98. The standard InChI is InChI=1S/C18H24N4O/c1-14-3-5-16(6-4-14)17(22-7-9-23-10-8-22)12-19-18-11-15(2)20-13-21-18/h3-6,11,13,17H,7-10,12H2,1-2H3,(H,19,20,21). The summed E-state index contributed by atoms with van der Waals surface area (Å²) in [6.45, 7) is 8.44. The van der Waals surface area contributed by atoms with Gasteiger partial charge in [-0.15, -0.1) is 0 Å². The number of aromatic nitrogens is 2. The molecule has 122 valence electrons. The fraction of sp³-hybridized carbons (Fsp3) is 0.444. The number of anilines is 1. The van der Waals surface area contributed by atoms with Gasteiger partial charge in [-0.1, -0.05) is 29.8 Å². The number of morpholine rings is 1. The van der Waals surface area contributed by atoms with E-state index >= 15 is 0 Å². The van der Waals surface area contributed by atoms with Gasteiger partial charge in [0.25, 0.3) is 0 Å². The van der Waals surface area contributed by atoms with E-state index in [2.05, 4.69) is 51.4 Å². The molecule has 0 saturated carbocycles. The first-order chi connectivity index (χ1) is 11.2. The summed E-state index contributed by atoms with van der Waals surface area (Å²) in [6, 6.07) is 11.1. The van der Waals surface area contributed by atoms with Gasteiger partial charge in [-0.25, -0.2) is 9.97 Å². The summed E-state index contributed by atoms with van der Waals surface area (Å²) < 4.78 is 5.50. The highest BCUT2D eigenvalue weighted by molar-refractivity contribution is 5.35. The lowest BCUT2D eigenvalue weighted by atomic mass is 10.0. The lowest BCUT2D eigenvalue weighted by Crippen LogP contribution is -2.41. The minimum absolute atomic E-state index is 0.315. The Morgan fingerprint density at radius 2 is 1.87 bits per heavy atom. The quantitative estimate of drug-likeness (QED) is 0.919. The number of aryl methyl sites for hydroxylation is 2. The van der Waals surface area contributed by atoms with E-state index in [0.717, 1.165) is 44.4 Å². The van der Waals surface area contributed by atoms with Gasteiger partial charge in [-0.05, 0) is 19.4 Å². The molecule has 23 heavy (non-hydrogen) atoms. The fourth-order valence-corrected chi connectivity index (χ4v) is 2.89. The van der Waals surface area contributed by atoms with Gasteiger partial charge in [0.2, 0.25) is 0 Å². The maximum atomic E-state index is 5.50. The van der Waals surface area contributed by atoms with Gasteiger partial charge in [0.1, 0.15) is 12.1 Å². The lowest BCUT2D eigenvalue weighted by Gasteiger charge is -2.35. The molecule has 5 nitrogen and oxygen atoms in total. The molecule has 1 aliphatic rings. The van der Waals surface area contributed by atoms with Gasteiger partial charge < -0.3 is 10.1 Å². The van der Waals surface area contributed by atoms with Crippen LogP contribution in [0.3, 0.4) is 0 Å². The van der Waals surface area contributed by atoms with Gasteiger partial charge in [-0.3, -0.25) is 4.90 Å². The van der Waals surface area contributed by atoms with Crippen molar-refractivity contribution in [2.24, 2.45) is 0 Å². The first-order valence-corrected chi connectivity index (χ1v) is 8.13. The van der Waals surface area contributed by atoms with Crippen LogP contribution >= 0.6 is 0 Å². The second kappa shape index (κ2) is 7.53. The van der Waals surface area contributed by atoms with Gasteiger partial charge in [0, 0.05) is 31.4 Å². The number of ether oxygens (including phenoxy) is 1. The average molecular weight is 312 g/mol. The number of hydrogen-bond acceptors (Lipinski definition) is 5. The van der Waals surface area contributed by atoms with Crippen molar-refractivity contribution in [3.8, 4) is 0 Å². The molecular weight excluding hydrogens is 288 g/mol. The van der Waals surface area contributed by atoms with E-state index in [1.54, 1.807) is 6.33 Å². The molecule has 0 bridgehead atoms. The third-order valence-electron chi connectivity index (χ3n) is 4.23. The summed E-state index contributed by atoms with van der Waals surface area (Å²) in [6.07, 6.45) is 1.60. The van der Waals surface area contributed by atoms with Crippen LogP contribution < -0.4 is 5.32 Å². The zero-order chi connectivity index (χ0) is 16.1. The number of rotatable bonds is 5. The number of benzene rings is 1. The van der Waals surface area contributed by atoms with Crippen LogP contribution in [-0.4, -0.2) is 47.7 Å². The summed E-state index contributed by atoms with van der Waals surface area (Å²) in [5.41, 5.74) is 3.59. The molecule has 2 aromatic rings. The highest BCUT2D eigenvalue weighted by Gasteiger charge is 2.22. The summed E-state index contributed by atoms with van der Waals surface area (Å²) in [5.74, 6) is 0.878. The van der Waals surface area contributed by atoms with E-state index in [1.807, 2.05) is 13.0 Å². The van der Waals surface area contributed by atoms with Crippen molar-refractivity contribution in [3.63, 3.8) is 0 Å². The van der Waals surface area contributed by atoms with Gasteiger partial charge >= 0.3 is 0 Å². The molecular formula is C18H24N4O. The molecule has 1 N–H and O–H groups in total. The number of nitrogens with zero attached hydrogens (tertiary/aromatic N) is 3. The first-order valence-electron chi connectivity index (χ1n) is 8.13. The molecule has 0 radical (unpaired) electrons. The maximum absolute atomic E-state index is 5.50. The topological polar surface area (TPSA) is 50.3 Å². The van der Waals surface area contributed by atoms with E-state index in [1.165, 1.54) is 11.1 Å². The van der Waals surface area contributed by atoms with E-state index in [4.69, 9.17) is 4.74 Å². The molecule has 1 atom stereocenters. The van der Waals surface area contributed by atoms with Crippen molar-refractivity contribution in [3.05, 3.63) is 53.5 Å². The molecule has 1 fully saturated rings. The van der Waals surface area contributed by atoms with Crippen molar-refractivity contribution < 1.29 is 4.74 Å². The average Bonchev–Trinajstić information content (AvgIpc) is 2.58. The van der Waals surface area contributed by atoms with E-state index in [9.17, 15) is 0 Å². The molecule has 1 aromatic carbocycles. The van der Waals surface area contributed by atoms with Crippen LogP contribution in [0.15, 0.2) is 36.7 Å². The fourth-order valence-electron chi connectivity index (χ4n) is 2.89. The zero-order valence-electron chi connectivity index (χ0n) is 13.8. The highest BCUT2D eigenvalue weighted by atomic mass is 16.5. The summed E-state index contributed by atoms with van der Waals surface area (Å²) in [4.78, 5) is 10.9. The van der Waals surface area contributed by atoms with Crippen molar-refractivity contribution in [1.29, 1.82) is 0 Å². The molecule has 0 spiro atoms. The van der Waals surface area contributed by atoms with Crippen molar-refractivity contribution >= 4 is 5.82 Å². The van der Waals surface area contributed by atoms with Crippen molar-refractivity contribution in [2.45, 2.75) is 19.9 Å². The monoisotopic (exact) mass is 312 g/mol. The van der Waals surface area contributed by atoms with Crippen LogP contribution in [0.25, 0.3) is 0 Å². The summed E-state index contributed by atoms with van der Waals surface area (Å²) >= 11 is 0. The number of nitrogens with one attached hydrogen (secondary N) is 1. The minimum atomic E-state index is 0.315. The molecule has 1 aliphatic heterocycles. The molecule has 1 unspecified atom stereocenters. The van der Waals surface area contributed by atoms with E-state index in [-0.39, 0.29) is 0 Å². The largest absolute Gasteiger partial charge is 0.379 e. The second-order valence-electron chi connectivity index (χ2n) is 6.00. The molecule has 0 aliphatic carbocycles. The zero-order valence-corrected chi connectivity index (χ0v) is 13.8. The highest BCUT2D eigenvalue weighted by Crippen LogP contribution is 2.23. The number of hydrogen-bond donors (Lipinski definition) is 1. The van der Waals surface area contributed by atoms with Crippen molar-refractivity contribution in [2.75, 3.05) is 38.2 Å². The first kappa shape index (κ1) is 15.9. The molecule has 1 aromatic heterocycles. The van der Waals surface area contributed by atoms with E-state index in [0.29, 0.717) is 6.04 Å². The SMILES string of the molecule is Cc1ccc(C(CNc2cc(C)ncn2)N2CCOCC2)cc1. The van der Waals surface area contributed by atoms with E-state index < -0.39 is 0 Å². The van der Waals surface area contributed by atoms with Crippen LogP contribution in [0, 0.1) is 13.8 Å². The smallest absolute Gasteiger partial charge is 0.129 e. The van der Waals surface area contributed by atoms with Crippen LogP contribution in [0.4, 0.5) is 5.82 Å². The summed E-state index contributed by atoms with van der Waals surface area (Å²) in [7, 11) is 0. The third kappa shape index (κ3) is 4.27. The summed E-state index contributed by atoms with van der Waals surface area (Å²) in [5, 5.41) is 3.46. The Morgan fingerprint density at radius 3 is 2.57 bits per heavy atom. The second-order valence-corrected chi connectivity index (χ2v) is 6.00. The molecule has 1 saturated heterocycles. The normalized spacial score (nSPS) is 17.0. The predicted octanol–water partition coefficient (Wildman–Crippen LogP) is 2.58. The lowest BCUT2D eigenvalue weighted by molar-refractivity contribution is 0.0187. The van der Waals surface area contributed by atoms with Crippen LogP contribution in [0.2, 0.25) is 0 Å². The maximum Gasteiger partial charge on any atom is 0.129 e. The molecule has 3 rings (SSSR count). The third-order valence-corrected chi connectivity index (χ3v) is 4.23. The Balaban J connectivity index is 1.75. The predicted molar refractivity (Wildman–Crippen MR) is 91.6 cm³/mol. The molecule has 0 amide bonds. The molecule has 5 heteroatoms. The van der Waals surface area contributed by atoms with Crippen LogP contribution in [0.5, 0.6) is 0 Å². The van der Waals surface area contributed by atoms with Crippen LogP contribution in [-0.2, 0) is 4.74 Å². The molecule has 2 heterocycles. The van der Waals surface area contributed by atoms with Gasteiger partial charge in [0.05, 0.1) is 19.3 Å². The van der Waals surface area contributed by atoms with Gasteiger partial charge in [0.15, 0.2) is 0 Å².